The van der Waals surface area contributed by atoms with Crippen LogP contribution in [0.15, 0.2) is 48.5 Å². The molecular weight excluding hydrogens is 546 g/mol. The van der Waals surface area contributed by atoms with Crippen LogP contribution in [0.4, 0.5) is 5.82 Å². The molecule has 2 N–H and O–H groups in total. The predicted molar refractivity (Wildman–Crippen MR) is 159 cm³/mol. The number of fused-ring (bicyclic) bond motifs is 3. The number of aryl methyl sites for hydroxylation is 1. The van der Waals surface area contributed by atoms with Crippen LogP contribution in [0.2, 0.25) is 0 Å². The number of anilines is 1. The van der Waals surface area contributed by atoms with E-state index in [1.54, 1.807) is 25.0 Å². The summed E-state index contributed by atoms with van der Waals surface area (Å²) in [5, 5.41) is 0.997. The molecule has 0 radical (unpaired) electrons. The molecule has 41 heavy (non-hydrogen) atoms. The number of hydrogen-bond acceptors (Lipinski definition) is 8. The van der Waals surface area contributed by atoms with Crippen molar-refractivity contribution in [3.05, 3.63) is 59.9 Å². The summed E-state index contributed by atoms with van der Waals surface area (Å²) in [4.78, 5) is 35.4. The number of methoxy groups -OCH3 is 1. The number of aromatic nitrogens is 3. The van der Waals surface area contributed by atoms with E-state index in [-0.39, 0.29) is 18.4 Å². The third-order valence-electron chi connectivity index (χ3n) is 6.68. The number of carbonyl (C=O) groups excluding carboxylic acids is 2. The molecule has 0 aliphatic rings. The first kappa shape index (κ1) is 30.1. The normalized spacial score (nSPS) is 11.2. The van der Waals surface area contributed by atoms with Crippen molar-refractivity contribution in [2.75, 3.05) is 45.1 Å². The predicted octanol–water partition coefficient (Wildman–Crippen LogP) is 4.35. The zero-order valence-corrected chi connectivity index (χ0v) is 24.2. The lowest BCUT2D eigenvalue weighted by Gasteiger charge is -2.22. The Labute approximate surface area is 244 Å². The Bertz CT molecular complexity index is 1490. The second-order valence-corrected chi connectivity index (χ2v) is 9.80. The van der Waals surface area contributed by atoms with E-state index in [1.807, 2.05) is 42.5 Å². The number of halogens is 1. The van der Waals surface area contributed by atoms with E-state index < -0.39 is 5.97 Å². The van der Waals surface area contributed by atoms with E-state index in [2.05, 4.69) is 9.55 Å². The number of benzene rings is 2. The smallest absolute Gasteiger partial charge is 0.344 e. The SMILES string of the molecule is CCOC(=O)COc1cccc(CN(CCCCn2c(CCOC)nc3c(N)nc4ccccc4c32)C(=O)CCl)c1. The van der Waals surface area contributed by atoms with Gasteiger partial charge in [-0.05, 0) is 43.5 Å². The van der Waals surface area contributed by atoms with Gasteiger partial charge in [0, 0.05) is 38.6 Å². The van der Waals surface area contributed by atoms with Gasteiger partial charge in [-0.1, -0.05) is 30.3 Å². The summed E-state index contributed by atoms with van der Waals surface area (Å²) in [5.41, 5.74) is 9.66. The van der Waals surface area contributed by atoms with Gasteiger partial charge in [0.2, 0.25) is 5.91 Å². The molecular formula is C30H36ClN5O5. The first-order valence-electron chi connectivity index (χ1n) is 13.7. The van der Waals surface area contributed by atoms with Crippen LogP contribution in [0.25, 0.3) is 21.9 Å². The van der Waals surface area contributed by atoms with Crippen molar-refractivity contribution in [3.8, 4) is 5.75 Å². The van der Waals surface area contributed by atoms with Crippen LogP contribution in [-0.4, -0.2) is 70.7 Å². The Morgan fingerprint density at radius 2 is 1.93 bits per heavy atom. The van der Waals surface area contributed by atoms with E-state index in [0.717, 1.165) is 40.6 Å². The summed E-state index contributed by atoms with van der Waals surface area (Å²) in [7, 11) is 1.67. The number of alkyl halides is 1. The molecule has 10 nitrogen and oxygen atoms in total. The highest BCUT2D eigenvalue weighted by molar-refractivity contribution is 6.27. The lowest BCUT2D eigenvalue weighted by Crippen LogP contribution is -2.32. The number of para-hydroxylation sites is 1. The van der Waals surface area contributed by atoms with E-state index in [1.165, 1.54) is 0 Å². The molecule has 0 atom stereocenters. The number of ether oxygens (including phenoxy) is 3. The quantitative estimate of drug-likeness (QED) is 0.125. The van der Waals surface area contributed by atoms with Crippen LogP contribution in [0.3, 0.4) is 0 Å². The monoisotopic (exact) mass is 581 g/mol. The number of amides is 1. The number of rotatable bonds is 15. The van der Waals surface area contributed by atoms with E-state index in [4.69, 9.17) is 36.5 Å². The van der Waals surface area contributed by atoms with Gasteiger partial charge in [0.25, 0.3) is 0 Å². The lowest BCUT2D eigenvalue weighted by atomic mass is 10.1. The Morgan fingerprint density at radius 1 is 1.10 bits per heavy atom. The number of esters is 1. The molecule has 0 fully saturated rings. The fourth-order valence-corrected chi connectivity index (χ4v) is 4.95. The molecule has 218 valence electrons. The van der Waals surface area contributed by atoms with Gasteiger partial charge in [0.15, 0.2) is 12.4 Å². The second kappa shape index (κ2) is 14.7. The number of nitrogens with zero attached hydrogens (tertiary/aromatic N) is 4. The number of nitrogens with two attached hydrogens (primary N) is 1. The molecule has 4 aromatic rings. The van der Waals surface area contributed by atoms with Crippen molar-refractivity contribution in [2.24, 2.45) is 0 Å². The van der Waals surface area contributed by atoms with E-state index in [0.29, 0.717) is 56.4 Å². The summed E-state index contributed by atoms with van der Waals surface area (Å²) in [6, 6.07) is 15.2. The minimum absolute atomic E-state index is 0.107. The molecule has 11 heteroatoms. The van der Waals surface area contributed by atoms with Gasteiger partial charge in [-0.3, -0.25) is 4.79 Å². The largest absolute Gasteiger partial charge is 0.482 e. The Balaban J connectivity index is 1.46. The summed E-state index contributed by atoms with van der Waals surface area (Å²) in [6.45, 7) is 4.01. The molecule has 0 aliphatic carbocycles. The molecule has 0 spiro atoms. The number of hydrogen-bond donors (Lipinski definition) is 1. The third-order valence-corrected chi connectivity index (χ3v) is 6.91. The first-order valence-corrected chi connectivity index (χ1v) is 14.2. The minimum Gasteiger partial charge on any atom is -0.482 e. The molecule has 1 amide bonds. The maximum absolute atomic E-state index is 12.7. The van der Waals surface area contributed by atoms with Crippen LogP contribution in [0, 0.1) is 0 Å². The average molecular weight is 582 g/mol. The molecule has 0 aliphatic heterocycles. The standard InChI is InChI=1S/C30H36ClN5O5/c1-3-40-27(38)20-41-22-10-8-9-21(17-22)19-35(26(37)18-31)14-6-7-15-36-25(13-16-39-2)34-28-29(36)23-11-4-5-12-24(23)33-30(28)32/h4-5,8-12,17H,3,6-7,13-16,18-20H2,1-2H3,(H2,32,33). The Morgan fingerprint density at radius 3 is 2.71 bits per heavy atom. The van der Waals surface area contributed by atoms with Crippen LogP contribution >= 0.6 is 11.6 Å². The number of imidazole rings is 1. The maximum atomic E-state index is 12.7. The highest BCUT2D eigenvalue weighted by Crippen LogP contribution is 2.29. The van der Waals surface area contributed by atoms with Crippen LogP contribution in [0.1, 0.15) is 31.2 Å². The number of unbranched alkanes of at least 4 members (excludes halogenated alkanes) is 1. The summed E-state index contributed by atoms with van der Waals surface area (Å²) in [6.07, 6.45) is 2.20. The molecule has 0 bridgehead atoms. The van der Waals surface area contributed by atoms with Crippen LogP contribution in [-0.2, 0) is 38.6 Å². The number of nitrogen functional groups attached to an aromatic ring is 1. The van der Waals surface area contributed by atoms with Crippen molar-refractivity contribution in [1.82, 2.24) is 19.4 Å². The molecule has 0 saturated carbocycles. The summed E-state index contributed by atoms with van der Waals surface area (Å²) >= 11 is 5.95. The fourth-order valence-electron chi connectivity index (χ4n) is 4.78. The molecule has 4 rings (SSSR count). The molecule has 2 aromatic carbocycles. The van der Waals surface area contributed by atoms with Crippen LogP contribution < -0.4 is 10.5 Å². The van der Waals surface area contributed by atoms with Gasteiger partial charge in [-0.25, -0.2) is 14.8 Å². The van der Waals surface area contributed by atoms with Crippen molar-refractivity contribution in [1.29, 1.82) is 0 Å². The topological polar surface area (TPSA) is 122 Å². The second-order valence-electron chi connectivity index (χ2n) is 9.53. The Hall–Kier alpha value is -3.89. The van der Waals surface area contributed by atoms with Gasteiger partial charge >= 0.3 is 5.97 Å². The van der Waals surface area contributed by atoms with Gasteiger partial charge in [0.1, 0.15) is 23.0 Å². The zero-order valence-electron chi connectivity index (χ0n) is 23.5. The molecule has 2 heterocycles. The number of carbonyl (C=O) groups is 2. The average Bonchev–Trinajstić information content (AvgIpc) is 3.35. The highest BCUT2D eigenvalue weighted by atomic mass is 35.5. The van der Waals surface area contributed by atoms with Gasteiger partial charge in [-0.2, -0.15) is 0 Å². The van der Waals surface area contributed by atoms with Gasteiger partial charge in [0.05, 0.1) is 24.2 Å². The first-order chi connectivity index (χ1) is 19.9. The maximum Gasteiger partial charge on any atom is 0.344 e. The highest BCUT2D eigenvalue weighted by Gasteiger charge is 2.18. The fraction of sp³-hybridized carbons (Fsp3) is 0.400. The number of pyridine rings is 1. The summed E-state index contributed by atoms with van der Waals surface area (Å²) in [5.74, 6) is 1.14. The molecule has 0 saturated heterocycles. The minimum atomic E-state index is -0.431. The zero-order chi connectivity index (χ0) is 29.2. The van der Waals surface area contributed by atoms with Crippen molar-refractivity contribution in [2.45, 2.75) is 39.3 Å². The van der Waals surface area contributed by atoms with Crippen molar-refractivity contribution >= 4 is 51.2 Å². The van der Waals surface area contributed by atoms with Crippen molar-refractivity contribution in [3.63, 3.8) is 0 Å². The van der Waals surface area contributed by atoms with E-state index >= 15 is 0 Å². The van der Waals surface area contributed by atoms with Gasteiger partial charge < -0.3 is 29.4 Å². The Kier molecular flexibility index (Phi) is 10.8. The lowest BCUT2D eigenvalue weighted by molar-refractivity contribution is -0.145. The van der Waals surface area contributed by atoms with Crippen LogP contribution in [0.5, 0.6) is 5.75 Å². The van der Waals surface area contributed by atoms with Crippen molar-refractivity contribution < 1.29 is 23.8 Å². The molecule has 2 aromatic heterocycles. The van der Waals surface area contributed by atoms with Gasteiger partial charge in [-0.15, -0.1) is 11.6 Å². The summed E-state index contributed by atoms with van der Waals surface area (Å²) < 4.78 is 18.0. The third kappa shape index (κ3) is 7.65. The molecule has 0 unspecified atom stereocenters. The van der Waals surface area contributed by atoms with E-state index in [9.17, 15) is 9.59 Å².